The minimum Gasteiger partial charge on any atom is -0.446 e. The average Bonchev–Trinajstić information content (AvgIpc) is 3.37. The number of likely N-dealkylation sites (tertiary alicyclic amines) is 1. The van der Waals surface area contributed by atoms with Crippen LogP contribution in [-0.2, 0) is 11.2 Å². The van der Waals surface area contributed by atoms with Crippen LogP contribution in [0.4, 0.5) is 0 Å². The van der Waals surface area contributed by atoms with Crippen LogP contribution in [0.2, 0.25) is 0 Å². The van der Waals surface area contributed by atoms with Gasteiger partial charge in [0.2, 0.25) is 12.2 Å². The Kier molecular flexibility index (Phi) is 10.4. The number of nitrogens with one attached hydrogen (secondary N) is 2. The van der Waals surface area contributed by atoms with Crippen molar-refractivity contribution in [3.8, 4) is 5.88 Å². The van der Waals surface area contributed by atoms with Crippen LogP contribution in [0.15, 0.2) is 24.3 Å². The normalized spacial score (nSPS) is 26.8. The minimum atomic E-state index is -1.15. The van der Waals surface area contributed by atoms with E-state index in [4.69, 9.17) is 9.47 Å². The van der Waals surface area contributed by atoms with Crippen molar-refractivity contribution in [3.63, 3.8) is 0 Å². The molecule has 3 aliphatic heterocycles. The number of aryl methyl sites for hydroxylation is 1. The summed E-state index contributed by atoms with van der Waals surface area (Å²) in [4.78, 5) is 2.63. The van der Waals surface area contributed by atoms with E-state index >= 15 is 0 Å². The largest absolute Gasteiger partial charge is 0.446 e. The second-order valence-electron chi connectivity index (χ2n) is 12.9. The third kappa shape index (κ3) is 7.44. The Morgan fingerprint density at radius 1 is 1.17 bits per heavy atom. The molecule has 4 unspecified atom stereocenters. The molecular weight excluding hydrogens is 532 g/mol. The van der Waals surface area contributed by atoms with E-state index in [0.29, 0.717) is 17.7 Å². The second-order valence-corrected chi connectivity index (χ2v) is 12.9. The first-order valence-electron chi connectivity index (χ1n) is 15.8. The zero-order chi connectivity index (χ0) is 29.7. The van der Waals surface area contributed by atoms with Crippen molar-refractivity contribution >= 4 is 6.08 Å². The van der Waals surface area contributed by atoms with Gasteiger partial charge in [0.05, 0.1) is 12.7 Å². The number of aromatic nitrogens is 2. The maximum Gasteiger partial charge on any atom is 0.238 e. The van der Waals surface area contributed by atoms with Crippen LogP contribution >= 0.6 is 0 Å². The number of ether oxygens (including phenoxy) is 2. The summed E-state index contributed by atoms with van der Waals surface area (Å²) in [6.45, 7) is 11.9. The Morgan fingerprint density at radius 2 is 1.93 bits per heavy atom. The SMILES string of the molecule is Cc1cc(C=CCCN2CCC3(CCNCC3)CC2)ccc1Cc1c(OC2CC(O)C(O)C(CO)O2)n[nH]c1C(C)C. The number of aliphatic hydroxyl groups is 3. The van der Waals surface area contributed by atoms with Gasteiger partial charge in [0.1, 0.15) is 12.2 Å². The number of benzene rings is 1. The highest BCUT2D eigenvalue weighted by Crippen LogP contribution is 2.39. The Morgan fingerprint density at radius 3 is 2.62 bits per heavy atom. The van der Waals surface area contributed by atoms with Gasteiger partial charge in [-0.15, -0.1) is 5.10 Å². The van der Waals surface area contributed by atoms with Crippen molar-refractivity contribution in [1.82, 2.24) is 20.4 Å². The summed E-state index contributed by atoms with van der Waals surface area (Å²) in [5, 5.41) is 40.9. The van der Waals surface area contributed by atoms with E-state index in [1.807, 2.05) is 0 Å². The van der Waals surface area contributed by atoms with E-state index in [2.05, 4.69) is 71.5 Å². The van der Waals surface area contributed by atoms with Gasteiger partial charge in [-0.25, -0.2) is 0 Å². The fourth-order valence-corrected chi connectivity index (χ4v) is 6.77. The molecule has 2 aromatic rings. The predicted molar refractivity (Wildman–Crippen MR) is 164 cm³/mol. The van der Waals surface area contributed by atoms with Crippen molar-refractivity contribution < 1.29 is 24.8 Å². The van der Waals surface area contributed by atoms with E-state index in [-0.39, 0.29) is 12.3 Å². The van der Waals surface area contributed by atoms with Gasteiger partial charge in [-0.3, -0.25) is 5.10 Å². The Labute approximate surface area is 250 Å². The molecule has 232 valence electrons. The van der Waals surface area contributed by atoms with Crippen molar-refractivity contribution in [1.29, 1.82) is 0 Å². The lowest BCUT2D eigenvalue weighted by atomic mass is 9.71. The van der Waals surface area contributed by atoms with Crippen LogP contribution in [0.5, 0.6) is 5.88 Å². The first-order chi connectivity index (χ1) is 20.3. The van der Waals surface area contributed by atoms with Gasteiger partial charge in [0.15, 0.2) is 0 Å². The number of H-pyrrole nitrogens is 1. The van der Waals surface area contributed by atoms with Gasteiger partial charge < -0.3 is 35.0 Å². The highest BCUT2D eigenvalue weighted by atomic mass is 16.7. The molecule has 3 aliphatic rings. The third-order valence-corrected chi connectivity index (χ3v) is 9.63. The Balaban J connectivity index is 1.17. The van der Waals surface area contributed by atoms with Crippen LogP contribution in [0, 0.1) is 12.3 Å². The molecule has 0 radical (unpaired) electrons. The van der Waals surface area contributed by atoms with E-state index < -0.39 is 31.2 Å². The summed E-state index contributed by atoms with van der Waals surface area (Å²) >= 11 is 0. The molecule has 5 N–H and O–H groups in total. The van der Waals surface area contributed by atoms with Gasteiger partial charge >= 0.3 is 0 Å². The molecule has 1 aromatic carbocycles. The molecule has 4 heterocycles. The number of hydrogen-bond acceptors (Lipinski definition) is 8. The summed E-state index contributed by atoms with van der Waals surface area (Å²) in [7, 11) is 0. The maximum absolute atomic E-state index is 10.2. The zero-order valence-electron chi connectivity index (χ0n) is 25.5. The topological polar surface area (TPSA) is 123 Å². The van der Waals surface area contributed by atoms with Gasteiger partial charge in [-0.05, 0) is 93.2 Å². The molecular formula is C33H50N4O5. The zero-order valence-corrected chi connectivity index (χ0v) is 25.5. The predicted octanol–water partition coefficient (Wildman–Crippen LogP) is 3.51. The molecule has 0 aliphatic carbocycles. The molecule has 1 spiro atoms. The van der Waals surface area contributed by atoms with E-state index in [9.17, 15) is 15.3 Å². The lowest BCUT2D eigenvalue weighted by Gasteiger charge is -2.44. The number of nitrogens with zero attached hydrogens (tertiary/aromatic N) is 2. The van der Waals surface area contributed by atoms with E-state index in [0.717, 1.165) is 24.2 Å². The van der Waals surface area contributed by atoms with Crippen molar-refractivity contribution in [2.24, 2.45) is 5.41 Å². The van der Waals surface area contributed by atoms with Crippen molar-refractivity contribution in [2.75, 3.05) is 39.3 Å². The summed E-state index contributed by atoms with van der Waals surface area (Å²) in [6, 6.07) is 6.58. The summed E-state index contributed by atoms with van der Waals surface area (Å²) in [6.07, 6.45) is 7.83. The second kappa shape index (κ2) is 14.0. The summed E-state index contributed by atoms with van der Waals surface area (Å²) < 4.78 is 11.8. The third-order valence-electron chi connectivity index (χ3n) is 9.63. The molecule has 0 amide bonds. The van der Waals surface area contributed by atoms with Gasteiger partial charge in [0, 0.05) is 30.6 Å². The Hall–Kier alpha value is -2.27. The fourth-order valence-electron chi connectivity index (χ4n) is 6.77. The van der Waals surface area contributed by atoms with Crippen molar-refractivity contribution in [2.45, 2.75) is 96.2 Å². The number of rotatable bonds is 10. The van der Waals surface area contributed by atoms with Crippen molar-refractivity contribution in [3.05, 3.63) is 52.2 Å². The Bertz CT molecular complexity index is 1180. The molecule has 3 saturated heterocycles. The standard InChI is InChI=1S/C33H50N4O5/c1-22(2)30-26(32(36-35-30)42-29-20-27(39)31(40)28(21-38)41-29)19-25-8-7-24(18-23(25)3)6-4-5-15-37-16-11-33(12-17-37)9-13-34-14-10-33/h4,6-8,18,22,27-29,31,34,38-40H,5,9-17,19-21H2,1-3H3,(H,35,36). The molecule has 0 saturated carbocycles. The quantitative estimate of drug-likeness (QED) is 0.289. The van der Waals surface area contributed by atoms with Crippen LogP contribution in [0.1, 0.15) is 86.2 Å². The van der Waals surface area contributed by atoms with Crippen LogP contribution in [-0.4, -0.2) is 94.3 Å². The van der Waals surface area contributed by atoms with Crippen LogP contribution in [0.3, 0.4) is 0 Å². The van der Waals surface area contributed by atoms with Gasteiger partial charge in [-0.1, -0.05) is 44.2 Å². The highest BCUT2D eigenvalue weighted by molar-refractivity contribution is 5.52. The van der Waals surface area contributed by atoms with E-state index in [1.165, 1.54) is 68.6 Å². The molecule has 0 bridgehead atoms. The molecule has 5 rings (SSSR count). The molecule has 1 aromatic heterocycles. The van der Waals surface area contributed by atoms with E-state index in [1.54, 1.807) is 0 Å². The summed E-state index contributed by atoms with van der Waals surface area (Å²) in [5.41, 5.74) is 6.15. The first-order valence-corrected chi connectivity index (χ1v) is 15.8. The van der Waals surface area contributed by atoms with Gasteiger partial charge in [-0.2, -0.15) is 0 Å². The number of aromatic amines is 1. The number of hydrogen-bond donors (Lipinski definition) is 5. The highest BCUT2D eigenvalue weighted by Gasteiger charge is 2.38. The molecule has 42 heavy (non-hydrogen) atoms. The lowest BCUT2D eigenvalue weighted by molar-refractivity contribution is -0.230. The molecule has 9 nitrogen and oxygen atoms in total. The lowest BCUT2D eigenvalue weighted by Crippen LogP contribution is -2.51. The van der Waals surface area contributed by atoms with Crippen LogP contribution in [0.25, 0.3) is 6.08 Å². The van der Waals surface area contributed by atoms with Crippen LogP contribution < -0.4 is 10.1 Å². The fraction of sp³-hybridized carbons (Fsp3) is 0.667. The maximum atomic E-state index is 10.2. The summed E-state index contributed by atoms with van der Waals surface area (Å²) in [5.74, 6) is 0.637. The average molecular weight is 583 g/mol. The molecule has 3 fully saturated rings. The number of aliphatic hydroxyl groups excluding tert-OH is 3. The number of piperidine rings is 2. The molecule has 4 atom stereocenters. The first kappa shape index (κ1) is 31.2. The minimum absolute atomic E-state index is 0.0945. The monoisotopic (exact) mass is 582 g/mol. The smallest absolute Gasteiger partial charge is 0.238 e. The molecule has 9 heteroatoms. The van der Waals surface area contributed by atoms with Gasteiger partial charge in [0.25, 0.3) is 0 Å².